The number of halogens is 1. The molecule has 0 bridgehead atoms. The number of amides is 2. The Hall–Kier alpha value is -3.50. The van der Waals surface area contributed by atoms with Crippen LogP contribution in [-0.2, 0) is 19.5 Å². The average molecular weight is 535 g/mol. The zero-order valence-electron chi connectivity index (χ0n) is 21.6. The number of ether oxygens (including phenoxy) is 1. The van der Waals surface area contributed by atoms with Gasteiger partial charge in [0.1, 0.15) is 11.6 Å². The highest BCUT2D eigenvalue weighted by molar-refractivity contribution is 7.18. The van der Waals surface area contributed by atoms with Gasteiger partial charge in [0.2, 0.25) is 0 Å². The molecule has 0 saturated carbocycles. The summed E-state index contributed by atoms with van der Waals surface area (Å²) in [6.07, 6.45) is 2.58. The first-order chi connectivity index (χ1) is 18.5. The van der Waals surface area contributed by atoms with Crippen LogP contribution in [0.1, 0.15) is 34.7 Å². The number of fused-ring (bicyclic) bond motifs is 2. The van der Waals surface area contributed by atoms with E-state index >= 15 is 0 Å². The molecule has 2 aliphatic heterocycles. The third-order valence-corrected chi connectivity index (χ3v) is 8.43. The zero-order chi connectivity index (χ0) is 26.2. The molecule has 0 aliphatic carbocycles. The number of carbonyl (C=O) groups is 1. The number of hydrogen-bond donors (Lipinski definition) is 2. The lowest BCUT2D eigenvalue weighted by Gasteiger charge is -2.35. The van der Waals surface area contributed by atoms with Crippen molar-refractivity contribution in [1.29, 1.82) is 0 Å². The maximum Gasteiger partial charge on any atom is 0.317 e. The van der Waals surface area contributed by atoms with Gasteiger partial charge in [-0.25, -0.2) is 14.2 Å². The Balaban J connectivity index is 1.12. The zero-order valence-corrected chi connectivity index (χ0v) is 22.4. The molecule has 6 rings (SSSR count). The number of likely N-dealkylation sites (tertiary alicyclic amines) is 1. The molecule has 4 heterocycles. The number of methoxy groups -OCH3 is 1. The van der Waals surface area contributed by atoms with E-state index < -0.39 is 0 Å². The van der Waals surface area contributed by atoms with E-state index in [4.69, 9.17) is 4.74 Å². The fourth-order valence-corrected chi connectivity index (χ4v) is 6.45. The molecule has 0 radical (unpaired) electrons. The van der Waals surface area contributed by atoms with Crippen LogP contribution >= 0.6 is 11.3 Å². The van der Waals surface area contributed by atoms with Crippen LogP contribution in [0.3, 0.4) is 0 Å². The lowest BCUT2D eigenvalue weighted by Crippen LogP contribution is -2.52. The first-order valence-electron chi connectivity index (χ1n) is 13.0. The minimum Gasteiger partial charge on any atom is -0.496 e. The van der Waals surface area contributed by atoms with Gasteiger partial charge in [0, 0.05) is 54.5 Å². The number of thiazole rings is 1. The molecular formula is C28H31FN6O2S. The summed E-state index contributed by atoms with van der Waals surface area (Å²) in [7, 11) is 1.56. The number of benzene rings is 2. The van der Waals surface area contributed by atoms with Gasteiger partial charge in [0.25, 0.3) is 0 Å². The molecule has 1 unspecified atom stereocenters. The first-order valence-corrected chi connectivity index (χ1v) is 13.8. The van der Waals surface area contributed by atoms with Crippen molar-refractivity contribution in [3.8, 4) is 17.0 Å². The van der Waals surface area contributed by atoms with Crippen LogP contribution in [-0.4, -0.2) is 63.8 Å². The molecule has 2 aromatic heterocycles. The number of piperidine rings is 1. The maximum atomic E-state index is 14.5. The number of nitrogens with one attached hydrogen (secondary N) is 2. The van der Waals surface area contributed by atoms with Gasteiger partial charge in [0.05, 0.1) is 34.6 Å². The van der Waals surface area contributed by atoms with E-state index in [2.05, 4.69) is 37.5 Å². The number of H-pyrrole nitrogens is 1. The molecule has 8 nitrogen and oxygen atoms in total. The Morgan fingerprint density at radius 2 is 2.18 bits per heavy atom. The highest BCUT2D eigenvalue weighted by atomic mass is 32.1. The molecule has 1 fully saturated rings. The quantitative estimate of drug-likeness (QED) is 0.381. The Bertz CT molecular complexity index is 1480. The van der Waals surface area contributed by atoms with Gasteiger partial charge in [-0.05, 0) is 50.6 Å². The molecule has 198 valence electrons. The topological polar surface area (TPSA) is 86.4 Å². The molecule has 1 saturated heterocycles. The number of aryl methyl sites for hydroxylation is 1. The van der Waals surface area contributed by atoms with Crippen LogP contribution in [0.2, 0.25) is 0 Å². The van der Waals surface area contributed by atoms with Crippen molar-refractivity contribution in [1.82, 2.24) is 30.3 Å². The van der Waals surface area contributed by atoms with Gasteiger partial charge in [-0.15, -0.1) is 11.3 Å². The van der Waals surface area contributed by atoms with Crippen molar-refractivity contribution in [2.75, 3.05) is 26.7 Å². The number of carbonyl (C=O) groups excluding carboxylic acids is 1. The standard InChI is InChI=1S/C28H31FN6O2S/c1-17-30-24-9-8-18(13-26(24)38-17)27-21-16-35(12-10-23(21)32-33-27)28(36)31-19-5-4-11-34(14-19)15-20-22(29)6-3-7-25(20)37-2/h3,6-9,13,19H,4-5,10-12,14-16H2,1-2H3,(H,31,36)(H,32,33). The van der Waals surface area contributed by atoms with Crippen molar-refractivity contribution in [3.63, 3.8) is 0 Å². The van der Waals surface area contributed by atoms with Gasteiger partial charge in [-0.3, -0.25) is 10.00 Å². The SMILES string of the molecule is COc1cccc(F)c1CN1CCCC(NC(=O)N2CCc3[nH]nc(-c4ccc5nc(C)sc5c4)c3C2)C1. The summed E-state index contributed by atoms with van der Waals surface area (Å²) < 4.78 is 21.0. The van der Waals surface area contributed by atoms with Crippen molar-refractivity contribution in [2.45, 2.75) is 45.3 Å². The van der Waals surface area contributed by atoms with Crippen molar-refractivity contribution in [3.05, 3.63) is 64.0 Å². The lowest BCUT2D eigenvalue weighted by atomic mass is 10.0. The Morgan fingerprint density at radius 1 is 1.29 bits per heavy atom. The molecule has 2 amide bonds. The summed E-state index contributed by atoms with van der Waals surface area (Å²) in [5.41, 5.74) is 5.65. The predicted octanol–water partition coefficient (Wildman–Crippen LogP) is 4.87. The summed E-state index contributed by atoms with van der Waals surface area (Å²) in [5.74, 6) is 0.293. The second kappa shape index (κ2) is 10.3. The molecule has 0 spiro atoms. The summed E-state index contributed by atoms with van der Waals surface area (Å²) >= 11 is 1.67. The van der Waals surface area contributed by atoms with Crippen LogP contribution in [0.25, 0.3) is 21.5 Å². The molecule has 10 heteroatoms. The largest absolute Gasteiger partial charge is 0.496 e. The van der Waals surface area contributed by atoms with Crippen LogP contribution in [0.15, 0.2) is 36.4 Å². The molecule has 2 N–H and O–H groups in total. The fraction of sp³-hybridized carbons (Fsp3) is 0.393. The molecule has 4 aromatic rings. The van der Waals surface area contributed by atoms with E-state index in [9.17, 15) is 9.18 Å². The maximum absolute atomic E-state index is 14.5. The van der Waals surface area contributed by atoms with Crippen molar-refractivity contribution in [2.24, 2.45) is 0 Å². The van der Waals surface area contributed by atoms with Crippen LogP contribution in [0, 0.1) is 12.7 Å². The second-order valence-corrected chi connectivity index (χ2v) is 11.3. The van der Waals surface area contributed by atoms with E-state index in [0.29, 0.717) is 37.5 Å². The van der Waals surface area contributed by atoms with E-state index in [0.717, 1.165) is 63.5 Å². The summed E-state index contributed by atoms with van der Waals surface area (Å²) in [6, 6.07) is 11.1. The molecule has 38 heavy (non-hydrogen) atoms. The summed E-state index contributed by atoms with van der Waals surface area (Å²) in [6.45, 7) is 5.15. The minimum absolute atomic E-state index is 0.0104. The normalized spacial score (nSPS) is 18.0. The Morgan fingerprint density at radius 3 is 3.05 bits per heavy atom. The number of aromatic amines is 1. The minimum atomic E-state index is -0.264. The predicted molar refractivity (Wildman–Crippen MR) is 146 cm³/mol. The number of urea groups is 1. The van der Waals surface area contributed by atoms with Gasteiger partial charge in [0.15, 0.2) is 0 Å². The van der Waals surface area contributed by atoms with E-state index in [1.165, 1.54) is 6.07 Å². The van der Waals surface area contributed by atoms with E-state index in [-0.39, 0.29) is 17.9 Å². The summed E-state index contributed by atoms with van der Waals surface area (Å²) in [4.78, 5) is 21.9. The molecule has 2 aromatic carbocycles. The van der Waals surface area contributed by atoms with Gasteiger partial charge in [-0.2, -0.15) is 5.10 Å². The Labute approximate surface area is 224 Å². The highest BCUT2D eigenvalue weighted by Crippen LogP contribution is 2.32. The van der Waals surface area contributed by atoms with Crippen molar-refractivity contribution < 1.29 is 13.9 Å². The number of nitrogens with zero attached hydrogens (tertiary/aromatic N) is 4. The highest BCUT2D eigenvalue weighted by Gasteiger charge is 2.29. The van der Waals surface area contributed by atoms with Gasteiger partial charge >= 0.3 is 6.03 Å². The van der Waals surface area contributed by atoms with Crippen LogP contribution in [0.5, 0.6) is 5.75 Å². The first kappa shape index (κ1) is 24.8. The Kier molecular flexibility index (Phi) is 6.75. The van der Waals surface area contributed by atoms with Gasteiger partial charge < -0.3 is 15.0 Å². The molecule has 2 aliphatic rings. The molecule has 1 atom stereocenters. The van der Waals surface area contributed by atoms with E-state index in [1.54, 1.807) is 30.6 Å². The third kappa shape index (κ3) is 4.86. The van der Waals surface area contributed by atoms with Crippen LogP contribution in [0.4, 0.5) is 9.18 Å². The lowest BCUT2D eigenvalue weighted by molar-refractivity contribution is 0.159. The number of hydrogen-bond acceptors (Lipinski definition) is 6. The number of rotatable bonds is 5. The average Bonchev–Trinajstić information content (AvgIpc) is 3.51. The van der Waals surface area contributed by atoms with E-state index in [1.807, 2.05) is 17.9 Å². The van der Waals surface area contributed by atoms with Gasteiger partial charge in [-0.1, -0.05) is 12.1 Å². The second-order valence-electron chi connectivity index (χ2n) is 10.1. The smallest absolute Gasteiger partial charge is 0.317 e. The van der Waals surface area contributed by atoms with Crippen molar-refractivity contribution >= 4 is 27.6 Å². The fourth-order valence-electron chi connectivity index (χ4n) is 5.58. The third-order valence-electron chi connectivity index (χ3n) is 7.50. The van der Waals surface area contributed by atoms with Crippen LogP contribution < -0.4 is 10.1 Å². The number of aromatic nitrogens is 3. The monoisotopic (exact) mass is 534 g/mol. The molecular weight excluding hydrogens is 503 g/mol. The summed E-state index contributed by atoms with van der Waals surface area (Å²) in [5, 5.41) is 12.1.